The predicted molar refractivity (Wildman–Crippen MR) is 63.0 cm³/mol. The van der Waals surface area contributed by atoms with Gasteiger partial charge in [0.15, 0.2) is 0 Å². The summed E-state index contributed by atoms with van der Waals surface area (Å²) in [6.45, 7) is 0. The van der Waals surface area contributed by atoms with E-state index in [-0.39, 0.29) is 16.6 Å². The molecule has 2 aromatic rings. The molecule has 0 fully saturated rings. The second kappa shape index (κ2) is 5.20. The van der Waals surface area contributed by atoms with Gasteiger partial charge in [-0.05, 0) is 24.3 Å². The summed E-state index contributed by atoms with van der Waals surface area (Å²) in [4.78, 5) is 0. The molecule has 0 N–H and O–H groups in total. The molecule has 0 saturated carbocycles. The molecule has 2 rings (SSSR count). The highest BCUT2D eigenvalue weighted by Crippen LogP contribution is 2.31. The molecule has 0 amide bonds. The average molecular weight is 295 g/mol. The number of hydrogen-bond acceptors (Lipinski definition) is 1. The first-order valence-electron chi connectivity index (χ1n) is 4.92. The molecule has 0 radical (unpaired) electrons. The van der Waals surface area contributed by atoms with E-state index in [0.717, 1.165) is 4.68 Å². The summed E-state index contributed by atoms with van der Waals surface area (Å²) >= 11 is 11.5. The molecule has 0 aliphatic carbocycles. The molecule has 0 aliphatic heterocycles. The van der Waals surface area contributed by atoms with Gasteiger partial charge in [-0.25, -0.2) is 17.9 Å². The third-order valence-electron chi connectivity index (χ3n) is 2.36. The minimum absolute atomic E-state index is 0.00640. The summed E-state index contributed by atoms with van der Waals surface area (Å²) in [6.07, 6.45) is -2.77. The summed E-state index contributed by atoms with van der Waals surface area (Å²) in [5.74, 6) is -0.603. The number of benzene rings is 1. The van der Waals surface area contributed by atoms with Crippen molar-refractivity contribution < 1.29 is 13.2 Å². The molecular formula is C11H7Cl2F3N2. The topological polar surface area (TPSA) is 17.8 Å². The lowest BCUT2D eigenvalue weighted by Gasteiger charge is -2.02. The minimum Gasteiger partial charge on any atom is -0.221 e. The number of halogens is 5. The van der Waals surface area contributed by atoms with Crippen molar-refractivity contribution in [1.82, 2.24) is 9.78 Å². The fourth-order valence-corrected chi connectivity index (χ4v) is 2.13. The molecule has 0 saturated heterocycles. The maximum atomic E-state index is 12.8. The first-order valence-corrected chi connectivity index (χ1v) is 5.83. The van der Waals surface area contributed by atoms with E-state index in [9.17, 15) is 13.2 Å². The van der Waals surface area contributed by atoms with Crippen LogP contribution < -0.4 is 0 Å². The van der Waals surface area contributed by atoms with E-state index in [4.69, 9.17) is 23.2 Å². The van der Waals surface area contributed by atoms with Crippen molar-refractivity contribution in [2.75, 3.05) is 0 Å². The van der Waals surface area contributed by atoms with Crippen LogP contribution in [0.1, 0.15) is 17.7 Å². The Bertz CT molecular complexity index is 552. The first kappa shape index (κ1) is 13.2. The van der Waals surface area contributed by atoms with Crippen LogP contribution >= 0.6 is 23.2 Å². The minimum atomic E-state index is -2.77. The average Bonchev–Trinajstić information content (AvgIpc) is 2.67. The van der Waals surface area contributed by atoms with Crippen molar-refractivity contribution in [1.29, 1.82) is 0 Å². The second-order valence-corrected chi connectivity index (χ2v) is 4.10. The fraction of sp³-hybridized carbons (Fsp3) is 0.182. The number of aromatic nitrogens is 2. The highest BCUT2D eigenvalue weighted by molar-refractivity contribution is 6.31. The Morgan fingerprint density at radius 3 is 2.28 bits per heavy atom. The van der Waals surface area contributed by atoms with E-state index in [1.165, 1.54) is 24.3 Å². The maximum Gasteiger partial charge on any atom is 0.282 e. The third kappa shape index (κ3) is 2.33. The monoisotopic (exact) mass is 294 g/mol. The summed E-state index contributed by atoms with van der Waals surface area (Å²) in [5, 5.41) is 3.71. The Balaban J connectivity index is 2.55. The molecule has 0 unspecified atom stereocenters. The third-order valence-corrected chi connectivity index (χ3v) is 3.02. The van der Waals surface area contributed by atoms with Crippen LogP contribution in [0.25, 0.3) is 5.69 Å². The van der Waals surface area contributed by atoms with Gasteiger partial charge in [0.05, 0.1) is 11.6 Å². The van der Waals surface area contributed by atoms with Crippen molar-refractivity contribution in [3.8, 4) is 5.69 Å². The molecule has 1 heterocycles. The summed E-state index contributed by atoms with van der Waals surface area (Å²) < 4.78 is 39.4. The molecule has 0 spiro atoms. The lowest BCUT2D eigenvalue weighted by atomic mass is 10.3. The number of alkyl halides is 3. The van der Waals surface area contributed by atoms with E-state index in [1.54, 1.807) is 0 Å². The Morgan fingerprint density at radius 1 is 1.22 bits per heavy atom. The molecule has 18 heavy (non-hydrogen) atoms. The largest absolute Gasteiger partial charge is 0.282 e. The lowest BCUT2D eigenvalue weighted by molar-refractivity contribution is 0.144. The molecule has 96 valence electrons. The van der Waals surface area contributed by atoms with Gasteiger partial charge >= 0.3 is 0 Å². The smallest absolute Gasteiger partial charge is 0.221 e. The molecular weight excluding hydrogens is 288 g/mol. The predicted octanol–water partition coefficient (Wildman–Crippen LogP) is 4.34. The van der Waals surface area contributed by atoms with E-state index in [0.29, 0.717) is 5.69 Å². The van der Waals surface area contributed by atoms with Crippen molar-refractivity contribution in [2.24, 2.45) is 0 Å². The lowest BCUT2D eigenvalue weighted by Crippen LogP contribution is -1.97. The Hall–Kier alpha value is -1.20. The van der Waals surface area contributed by atoms with Crippen molar-refractivity contribution in [3.05, 3.63) is 46.5 Å². The zero-order valence-corrected chi connectivity index (χ0v) is 10.4. The van der Waals surface area contributed by atoms with Crippen LogP contribution in [0.5, 0.6) is 0 Å². The van der Waals surface area contributed by atoms with Gasteiger partial charge < -0.3 is 0 Å². The highest BCUT2D eigenvalue weighted by atomic mass is 35.5. The van der Waals surface area contributed by atoms with Crippen LogP contribution in [0.3, 0.4) is 0 Å². The molecule has 0 aliphatic rings. The van der Waals surface area contributed by atoms with Gasteiger partial charge in [0.1, 0.15) is 16.7 Å². The van der Waals surface area contributed by atoms with E-state index in [1.807, 2.05) is 0 Å². The fourth-order valence-electron chi connectivity index (χ4n) is 1.50. The quantitative estimate of drug-likeness (QED) is 0.770. The van der Waals surface area contributed by atoms with Crippen LogP contribution in [0.4, 0.5) is 13.2 Å². The van der Waals surface area contributed by atoms with Crippen molar-refractivity contribution in [2.45, 2.75) is 12.3 Å². The zero-order chi connectivity index (χ0) is 13.3. The van der Waals surface area contributed by atoms with Gasteiger partial charge in [-0.3, -0.25) is 0 Å². The van der Waals surface area contributed by atoms with Crippen molar-refractivity contribution in [3.63, 3.8) is 0 Å². The molecule has 1 aromatic heterocycles. The summed E-state index contributed by atoms with van der Waals surface area (Å²) in [7, 11) is 0. The van der Waals surface area contributed by atoms with Crippen molar-refractivity contribution >= 4 is 23.2 Å². The molecule has 7 heteroatoms. The van der Waals surface area contributed by atoms with Gasteiger partial charge in [-0.1, -0.05) is 11.6 Å². The molecule has 2 nitrogen and oxygen atoms in total. The Kier molecular flexibility index (Phi) is 3.82. The standard InChI is InChI=1S/C11H7Cl2F3N2/c12-5-8-9(11(15)16)17-18(10(8)13)7-3-1-6(14)2-4-7/h1-4,11H,5H2. The van der Waals surface area contributed by atoms with Crippen LogP contribution in [0, 0.1) is 5.82 Å². The van der Waals surface area contributed by atoms with E-state index in [2.05, 4.69) is 5.10 Å². The number of hydrogen-bond donors (Lipinski definition) is 0. The normalized spacial score (nSPS) is 11.2. The van der Waals surface area contributed by atoms with Crippen LogP contribution in [-0.2, 0) is 5.88 Å². The highest BCUT2D eigenvalue weighted by Gasteiger charge is 2.23. The Morgan fingerprint density at radius 2 is 1.83 bits per heavy atom. The molecule has 0 bridgehead atoms. The van der Waals surface area contributed by atoms with Gasteiger partial charge in [0.2, 0.25) is 0 Å². The zero-order valence-electron chi connectivity index (χ0n) is 8.88. The van der Waals surface area contributed by atoms with Gasteiger partial charge in [0, 0.05) is 5.56 Å². The molecule has 1 aromatic carbocycles. The van der Waals surface area contributed by atoms with Gasteiger partial charge in [-0.15, -0.1) is 11.6 Å². The summed E-state index contributed by atoms with van der Waals surface area (Å²) in [5.41, 5.74) is 0.0108. The Labute approximate surface area is 111 Å². The summed E-state index contributed by atoms with van der Waals surface area (Å²) in [6, 6.07) is 5.16. The number of rotatable bonds is 3. The number of nitrogens with zero attached hydrogens (tertiary/aromatic N) is 2. The SMILES string of the molecule is Fc1ccc(-n2nc(C(F)F)c(CCl)c2Cl)cc1. The van der Waals surface area contributed by atoms with Crippen LogP contribution in [0.2, 0.25) is 5.15 Å². The van der Waals surface area contributed by atoms with Crippen LogP contribution in [0.15, 0.2) is 24.3 Å². The van der Waals surface area contributed by atoms with E-state index >= 15 is 0 Å². The maximum absolute atomic E-state index is 12.8. The van der Waals surface area contributed by atoms with Gasteiger partial charge in [0.25, 0.3) is 6.43 Å². The first-order chi connectivity index (χ1) is 8.54. The van der Waals surface area contributed by atoms with E-state index < -0.39 is 17.9 Å². The molecule has 0 atom stereocenters. The van der Waals surface area contributed by atoms with Gasteiger partial charge in [-0.2, -0.15) is 5.10 Å². The second-order valence-electron chi connectivity index (χ2n) is 3.48. The van der Waals surface area contributed by atoms with Crippen LogP contribution in [-0.4, -0.2) is 9.78 Å².